The third kappa shape index (κ3) is 18.2. The average Bonchev–Trinajstić information content (AvgIpc) is 2.80. The fourth-order valence-electron chi connectivity index (χ4n) is 4.49. The van der Waals surface area contributed by atoms with Crippen LogP contribution in [0.1, 0.15) is 135 Å². The smallest absolute Gasteiger partial charge is 0.0962 e. The highest BCUT2D eigenvalue weighted by Crippen LogP contribution is 2.18. The van der Waals surface area contributed by atoms with E-state index in [0.29, 0.717) is 6.04 Å². The van der Waals surface area contributed by atoms with Gasteiger partial charge in [-0.2, -0.15) is 0 Å². The summed E-state index contributed by atoms with van der Waals surface area (Å²) in [6.07, 6.45) is 30.5. The van der Waals surface area contributed by atoms with Crippen LogP contribution < -0.4 is 12.4 Å². The van der Waals surface area contributed by atoms with Gasteiger partial charge in [-0.25, -0.2) is 0 Å². The molecule has 1 aromatic rings. The van der Waals surface area contributed by atoms with Crippen LogP contribution in [-0.2, 0) is 0 Å². The molecule has 33 heavy (non-hydrogen) atoms. The van der Waals surface area contributed by atoms with Gasteiger partial charge in [-0.05, 0) is 31.4 Å². The molecule has 1 rings (SSSR count). The molecule has 0 aliphatic carbocycles. The number of hydrogen-bond acceptors (Lipinski definition) is 0. The molecule has 0 amide bonds. The van der Waals surface area contributed by atoms with Gasteiger partial charge < -0.3 is 12.4 Å². The van der Waals surface area contributed by atoms with Crippen LogP contribution in [0.5, 0.6) is 0 Å². The monoisotopic (exact) mass is 477 g/mol. The maximum atomic E-state index is 2.40. The molecule has 0 radical (unpaired) electrons. The molecule has 0 aromatic heterocycles. The van der Waals surface area contributed by atoms with Crippen molar-refractivity contribution in [1.29, 1.82) is 0 Å². The zero-order valence-corrected chi connectivity index (χ0v) is 23.4. The molecule has 0 heterocycles. The number of halogens is 1. The second kappa shape index (κ2) is 21.7. The second-order valence-corrected chi connectivity index (χ2v) is 10.7. The van der Waals surface area contributed by atoms with E-state index >= 15 is 0 Å². The Morgan fingerprint density at radius 1 is 0.636 bits per heavy atom. The predicted molar refractivity (Wildman–Crippen MR) is 146 cm³/mol. The number of benzene rings is 1. The molecule has 2 heteroatoms. The standard InChI is InChI=1S/C31H56N.ClH/c1-5-6-7-8-9-10-11-12-13-14-15-16-17-18-19-20-22-25-30(2)32(3,4)29-28-31-26-23-21-24-27-31;/h21,23-24,26-30H,5-20,22,25H2,1-4H3;1H/q+1;/p-1. The summed E-state index contributed by atoms with van der Waals surface area (Å²) in [5.41, 5.74) is 1.30. The molecule has 0 saturated carbocycles. The van der Waals surface area contributed by atoms with Crippen LogP contribution in [-0.4, -0.2) is 24.6 Å². The molecule has 1 nitrogen and oxygen atoms in total. The van der Waals surface area contributed by atoms with Crippen molar-refractivity contribution in [3.8, 4) is 0 Å². The van der Waals surface area contributed by atoms with Gasteiger partial charge in [0, 0.05) is 0 Å². The first-order valence-corrected chi connectivity index (χ1v) is 14.1. The van der Waals surface area contributed by atoms with Gasteiger partial charge in [0.2, 0.25) is 0 Å². The van der Waals surface area contributed by atoms with Gasteiger partial charge in [0.25, 0.3) is 0 Å². The number of unbranched alkanes of at least 4 members (excludes halogenated alkanes) is 16. The Morgan fingerprint density at radius 2 is 1.03 bits per heavy atom. The Hall–Kier alpha value is -0.790. The quantitative estimate of drug-likeness (QED) is 0.130. The Bertz CT molecular complexity index is 551. The minimum Gasteiger partial charge on any atom is -1.00 e. The van der Waals surface area contributed by atoms with Crippen LogP contribution in [0.3, 0.4) is 0 Å². The van der Waals surface area contributed by atoms with E-state index in [1.54, 1.807) is 0 Å². The van der Waals surface area contributed by atoms with Crippen LogP contribution >= 0.6 is 0 Å². The van der Waals surface area contributed by atoms with Gasteiger partial charge in [-0.1, -0.05) is 140 Å². The van der Waals surface area contributed by atoms with E-state index in [1.165, 1.54) is 121 Å². The molecule has 1 atom stereocenters. The number of quaternary nitrogens is 1. The number of nitrogens with zero attached hydrogens (tertiary/aromatic N) is 1. The molecule has 0 bridgehead atoms. The summed E-state index contributed by atoms with van der Waals surface area (Å²) in [6, 6.07) is 11.3. The first-order valence-electron chi connectivity index (χ1n) is 14.1. The highest BCUT2D eigenvalue weighted by molar-refractivity contribution is 5.47. The first kappa shape index (κ1) is 32.2. The van der Waals surface area contributed by atoms with E-state index in [-0.39, 0.29) is 12.4 Å². The van der Waals surface area contributed by atoms with Gasteiger partial charge in [-0.15, -0.1) is 0 Å². The van der Waals surface area contributed by atoms with E-state index in [2.05, 4.69) is 70.6 Å². The van der Waals surface area contributed by atoms with Crippen molar-refractivity contribution in [2.75, 3.05) is 14.1 Å². The lowest BCUT2D eigenvalue weighted by molar-refractivity contribution is -0.863. The third-order valence-electron chi connectivity index (χ3n) is 7.31. The van der Waals surface area contributed by atoms with Crippen molar-refractivity contribution in [1.82, 2.24) is 0 Å². The molecule has 0 spiro atoms. The summed E-state index contributed by atoms with van der Waals surface area (Å²) >= 11 is 0. The topological polar surface area (TPSA) is 0 Å². The zero-order chi connectivity index (χ0) is 23.3. The van der Waals surface area contributed by atoms with Crippen LogP contribution in [0.4, 0.5) is 0 Å². The summed E-state index contributed by atoms with van der Waals surface area (Å²) in [4.78, 5) is 0. The largest absolute Gasteiger partial charge is 1.00 e. The summed E-state index contributed by atoms with van der Waals surface area (Å²) in [5, 5.41) is 0. The molecule has 0 saturated heterocycles. The van der Waals surface area contributed by atoms with Crippen LogP contribution in [0.2, 0.25) is 0 Å². The zero-order valence-electron chi connectivity index (χ0n) is 22.7. The predicted octanol–water partition coefficient (Wildman–Crippen LogP) is 7.17. The molecular formula is C31H56ClN. The van der Waals surface area contributed by atoms with Crippen molar-refractivity contribution in [2.45, 2.75) is 135 Å². The molecular weight excluding hydrogens is 422 g/mol. The van der Waals surface area contributed by atoms with Crippen LogP contribution in [0, 0.1) is 0 Å². The van der Waals surface area contributed by atoms with E-state index in [0.717, 1.165) is 4.48 Å². The van der Waals surface area contributed by atoms with Crippen LogP contribution in [0.15, 0.2) is 36.5 Å². The summed E-state index contributed by atoms with van der Waals surface area (Å²) in [6.45, 7) is 4.70. The Kier molecular flexibility index (Phi) is 21.2. The third-order valence-corrected chi connectivity index (χ3v) is 7.31. The lowest BCUT2D eigenvalue weighted by Gasteiger charge is -2.32. The van der Waals surface area contributed by atoms with E-state index in [4.69, 9.17) is 0 Å². The lowest BCUT2D eigenvalue weighted by atomic mass is 10.0. The van der Waals surface area contributed by atoms with Gasteiger partial charge in [0.15, 0.2) is 0 Å². The molecule has 1 unspecified atom stereocenters. The SMILES string of the molecule is CCCCCCCCCCCCCCCCCCCC(C)[N+](C)(C)C=Cc1ccccc1.[Cl-]. The summed E-state index contributed by atoms with van der Waals surface area (Å²) < 4.78 is 0.966. The minimum absolute atomic E-state index is 0. The normalized spacial score (nSPS) is 12.7. The summed E-state index contributed by atoms with van der Waals surface area (Å²) in [5.74, 6) is 0. The fourth-order valence-corrected chi connectivity index (χ4v) is 4.49. The van der Waals surface area contributed by atoms with Crippen LogP contribution in [0.25, 0.3) is 6.08 Å². The van der Waals surface area contributed by atoms with Crippen molar-refractivity contribution >= 4 is 6.08 Å². The molecule has 1 aromatic carbocycles. The van der Waals surface area contributed by atoms with Crippen molar-refractivity contribution in [2.24, 2.45) is 0 Å². The minimum atomic E-state index is 0. The maximum absolute atomic E-state index is 2.40. The summed E-state index contributed by atoms with van der Waals surface area (Å²) in [7, 11) is 4.66. The maximum Gasteiger partial charge on any atom is 0.0962 e. The first-order chi connectivity index (χ1) is 15.6. The molecule has 0 aliphatic heterocycles. The molecule has 192 valence electrons. The van der Waals surface area contributed by atoms with Crippen molar-refractivity contribution in [3.63, 3.8) is 0 Å². The molecule has 0 fully saturated rings. The second-order valence-electron chi connectivity index (χ2n) is 10.7. The molecule has 0 aliphatic rings. The Morgan fingerprint density at radius 3 is 1.45 bits per heavy atom. The van der Waals surface area contributed by atoms with Gasteiger partial charge in [0.05, 0.1) is 26.3 Å². The van der Waals surface area contributed by atoms with Gasteiger partial charge in [0.1, 0.15) is 0 Å². The van der Waals surface area contributed by atoms with E-state index in [1.807, 2.05) is 0 Å². The lowest BCUT2D eigenvalue weighted by Crippen LogP contribution is -3.00. The Labute approximate surface area is 214 Å². The highest BCUT2D eigenvalue weighted by atomic mass is 35.5. The van der Waals surface area contributed by atoms with Crippen molar-refractivity contribution in [3.05, 3.63) is 42.1 Å². The number of hydrogen-bond donors (Lipinski definition) is 0. The highest BCUT2D eigenvalue weighted by Gasteiger charge is 2.20. The molecule has 0 N–H and O–H groups in total. The number of rotatable bonds is 21. The average molecular weight is 478 g/mol. The fraction of sp³-hybridized carbons (Fsp3) is 0.742. The van der Waals surface area contributed by atoms with Crippen molar-refractivity contribution < 1.29 is 16.9 Å². The van der Waals surface area contributed by atoms with E-state index in [9.17, 15) is 0 Å². The van der Waals surface area contributed by atoms with Gasteiger partial charge in [-0.3, -0.25) is 4.48 Å². The Balaban J connectivity index is 0.0000102. The van der Waals surface area contributed by atoms with E-state index < -0.39 is 0 Å². The van der Waals surface area contributed by atoms with Gasteiger partial charge >= 0.3 is 0 Å².